The van der Waals surface area contributed by atoms with E-state index in [4.69, 9.17) is 22.1 Å². The van der Waals surface area contributed by atoms with E-state index < -0.39 is 0 Å². The number of nitrogens with two attached hydrogens (primary N) is 1. The van der Waals surface area contributed by atoms with Gasteiger partial charge in [-0.3, -0.25) is 0 Å². The molecule has 2 N–H and O–H groups in total. The lowest BCUT2D eigenvalue weighted by atomic mass is 10.0. The first-order valence-corrected chi connectivity index (χ1v) is 7.28. The monoisotopic (exact) mass is 282 g/mol. The van der Waals surface area contributed by atoms with E-state index in [0.717, 1.165) is 30.1 Å². The Morgan fingerprint density at radius 2 is 2.00 bits per heavy atom. The van der Waals surface area contributed by atoms with Crippen LogP contribution in [0.1, 0.15) is 26.3 Å². The lowest BCUT2D eigenvalue weighted by Gasteiger charge is -2.38. The first-order valence-electron chi connectivity index (χ1n) is 6.90. The number of anilines is 1. The van der Waals surface area contributed by atoms with Gasteiger partial charge in [0.15, 0.2) is 0 Å². The van der Waals surface area contributed by atoms with Crippen molar-refractivity contribution < 1.29 is 4.74 Å². The Bertz CT molecular complexity index is 426. The number of nitrogens with zero attached hydrogens (tertiary/aromatic N) is 1. The van der Waals surface area contributed by atoms with Gasteiger partial charge < -0.3 is 15.4 Å². The molecule has 1 unspecified atom stereocenters. The largest absolute Gasteiger partial charge is 0.372 e. The van der Waals surface area contributed by atoms with E-state index in [1.165, 1.54) is 5.69 Å². The highest BCUT2D eigenvalue weighted by atomic mass is 35.5. The van der Waals surface area contributed by atoms with Gasteiger partial charge in [0, 0.05) is 29.8 Å². The molecule has 0 radical (unpaired) electrons. The molecule has 1 aromatic carbocycles. The third-order valence-corrected chi connectivity index (χ3v) is 3.73. The molecule has 0 aliphatic carbocycles. The summed E-state index contributed by atoms with van der Waals surface area (Å²) in [5.74, 6) is 0. The number of halogens is 1. The van der Waals surface area contributed by atoms with E-state index in [2.05, 4.69) is 24.8 Å². The summed E-state index contributed by atoms with van der Waals surface area (Å²) in [7, 11) is 0. The van der Waals surface area contributed by atoms with E-state index in [1.54, 1.807) is 0 Å². The van der Waals surface area contributed by atoms with Crippen LogP contribution in [-0.2, 0) is 11.2 Å². The van der Waals surface area contributed by atoms with Crippen molar-refractivity contribution in [2.45, 2.75) is 45.4 Å². The summed E-state index contributed by atoms with van der Waals surface area (Å²) in [6.07, 6.45) is 1.28. The van der Waals surface area contributed by atoms with Crippen LogP contribution >= 0.6 is 11.6 Å². The average molecular weight is 283 g/mol. The Kier molecular flexibility index (Phi) is 4.71. The highest BCUT2D eigenvalue weighted by Crippen LogP contribution is 2.30. The molecule has 0 amide bonds. The van der Waals surface area contributed by atoms with E-state index in [-0.39, 0.29) is 18.2 Å². The van der Waals surface area contributed by atoms with Gasteiger partial charge in [-0.15, -0.1) is 0 Å². The molecule has 0 aromatic heterocycles. The normalized spacial score (nSPS) is 25.4. The summed E-state index contributed by atoms with van der Waals surface area (Å²) in [4.78, 5) is 2.36. The van der Waals surface area contributed by atoms with Crippen LogP contribution in [0.2, 0.25) is 5.02 Å². The molecule has 0 bridgehead atoms. The molecule has 1 aliphatic rings. The smallest absolute Gasteiger partial charge is 0.0726 e. The van der Waals surface area contributed by atoms with Crippen molar-refractivity contribution in [2.75, 3.05) is 18.0 Å². The number of morpholine rings is 1. The molecular weight excluding hydrogens is 260 g/mol. The molecule has 3 atom stereocenters. The summed E-state index contributed by atoms with van der Waals surface area (Å²) >= 11 is 6.35. The number of hydrogen-bond donors (Lipinski definition) is 1. The lowest BCUT2D eigenvalue weighted by molar-refractivity contribution is -0.00526. The van der Waals surface area contributed by atoms with Crippen molar-refractivity contribution in [3.63, 3.8) is 0 Å². The van der Waals surface area contributed by atoms with Crippen LogP contribution in [-0.4, -0.2) is 31.3 Å². The van der Waals surface area contributed by atoms with Gasteiger partial charge in [-0.1, -0.05) is 17.7 Å². The summed E-state index contributed by atoms with van der Waals surface area (Å²) < 4.78 is 5.79. The molecule has 19 heavy (non-hydrogen) atoms. The maximum atomic E-state index is 6.35. The fourth-order valence-corrected chi connectivity index (χ4v) is 2.99. The minimum absolute atomic E-state index is 0.106. The second-order valence-corrected chi connectivity index (χ2v) is 5.99. The molecule has 1 fully saturated rings. The van der Waals surface area contributed by atoms with Gasteiger partial charge in [-0.05, 0) is 44.9 Å². The molecule has 1 aliphatic heterocycles. The fourth-order valence-electron chi connectivity index (χ4n) is 2.74. The molecule has 1 heterocycles. The zero-order valence-corrected chi connectivity index (χ0v) is 12.7. The van der Waals surface area contributed by atoms with Gasteiger partial charge in [0.25, 0.3) is 0 Å². The first kappa shape index (κ1) is 14.6. The Labute approximate surface area is 120 Å². The van der Waals surface area contributed by atoms with Gasteiger partial charge in [0.1, 0.15) is 0 Å². The second kappa shape index (κ2) is 6.12. The van der Waals surface area contributed by atoms with Crippen LogP contribution < -0.4 is 10.6 Å². The van der Waals surface area contributed by atoms with Gasteiger partial charge >= 0.3 is 0 Å². The zero-order valence-electron chi connectivity index (χ0n) is 11.9. The van der Waals surface area contributed by atoms with Crippen molar-refractivity contribution >= 4 is 17.3 Å². The van der Waals surface area contributed by atoms with Crippen molar-refractivity contribution in [3.05, 3.63) is 28.8 Å². The summed E-state index contributed by atoms with van der Waals surface area (Å²) in [6, 6.07) is 6.19. The number of ether oxygens (including phenoxy) is 1. The van der Waals surface area contributed by atoms with Gasteiger partial charge in [-0.25, -0.2) is 0 Å². The Hall–Kier alpha value is -0.770. The molecule has 0 saturated carbocycles. The van der Waals surface area contributed by atoms with Crippen molar-refractivity contribution in [3.8, 4) is 0 Å². The van der Waals surface area contributed by atoms with Gasteiger partial charge in [0.2, 0.25) is 0 Å². The lowest BCUT2D eigenvalue weighted by Crippen LogP contribution is -2.46. The standard InChI is InChI=1S/C15H23ClN2O/c1-10(17)7-13-14(16)5-4-6-15(13)18-8-11(2)19-12(3)9-18/h4-6,10-12H,7-9,17H2,1-3H3/t10?,11-,12+. The third kappa shape index (κ3) is 3.62. The zero-order chi connectivity index (χ0) is 14.0. The maximum Gasteiger partial charge on any atom is 0.0726 e. The SMILES string of the molecule is CC(N)Cc1c(Cl)cccc1N1C[C@@H](C)O[C@@H](C)C1. The van der Waals surface area contributed by atoms with Crippen LogP contribution in [0.25, 0.3) is 0 Å². The molecule has 106 valence electrons. The van der Waals surface area contributed by atoms with E-state index >= 15 is 0 Å². The van der Waals surface area contributed by atoms with E-state index in [1.807, 2.05) is 19.1 Å². The topological polar surface area (TPSA) is 38.5 Å². The Balaban J connectivity index is 2.30. The average Bonchev–Trinajstić information content (AvgIpc) is 2.30. The minimum Gasteiger partial charge on any atom is -0.372 e. The van der Waals surface area contributed by atoms with Crippen LogP contribution in [0.4, 0.5) is 5.69 Å². The summed E-state index contributed by atoms with van der Waals surface area (Å²) in [5, 5.41) is 0.807. The molecule has 0 spiro atoms. The maximum absolute atomic E-state index is 6.35. The molecule has 2 rings (SSSR count). The molecule has 4 heteroatoms. The highest BCUT2D eigenvalue weighted by molar-refractivity contribution is 6.31. The number of benzene rings is 1. The minimum atomic E-state index is 0.106. The Morgan fingerprint density at radius 3 is 2.58 bits per heavy atom. The third-order valence-electron chi connectivity index (χ3n) is 3.38. The van der Waals surface area contributed by atoms with Crippen molar-refractivity contribution in [2.24, 2.45) is 5.73 Å². The van der Waals surface area contributed by atoms with Crippen LogP contribution in [0.3, 0.4) is 0 Å². The second-order valence-electron chi connectivity index (χ2n) is 5.58. The highest BCUT2D eigenvalue weighted by Gasteiger charge is 2.24. The molecule has 1 saturated heterocycles. The molecule has 3 nitrogen and oxygen atoms in total. The van der Waals surface area contributed by atoms with Crippen LogP contribution in [0, 0.1) is 0 Å². The van der Waals surface area contributed by atoms with Gasteiger partial charge in [0.05, 0.1) is 12.2 Å². The molecular formula is C15H23ClN2O. The summed E-state index contributed by atoms with van der Waals surface area (Å²) in [5.41, 5.74) is 8.30. The first-order chi connectivity index (χ1) is 8.97. The van der Waals surface area contributed by atoms with E-state index in [9.17, 15) is 0 Å². The predicted molar refractivity (Wildman–Crippen MR) is 81.0 cm³/mol. The molecule has 1 aromatic rings. The van der Waals surface area contributed by atoms with Crippen molar-refractivity contribution in [1.82, 2.24) is 0 Å². The van der Waals surface area contributed by atoms with Gasteiger partial charge in [-0.2, -0.15) is 0 Å². The summed E-state index contributed by atoms with van der Waals surface area (Å²) in [6.45, 7) is 8.03. The van der Waals surface area contributed by atoms with Crippen molar-refractivity contribution in [1.29, 1.82) is 0 Å². The fraction of sp³-hybridized carbons (Fsp3) is 0.600. The number of rotatable bonds is 3. The van der Waals surface area contributed by atoms with E-state index in [0.29, 0.717) is 0 Å². The van der Waals surface area contributed by atoms with Crippen LogP contribution in [0.5, 0.6) is 0 Å². The number of hydrogen-bond acceptors (Lipinski definition) is 3. The van der Waals surface area contributed by atoms with Crippen LogP contribution in [0.15, 0.2) is 18.2 Å². The Morgan fingerprint density at radius 1 is 1.37 bits per heavy atom. The quantitative estimate of drug-likeness (QED) is 0.926. The predicted octanol–water partition coefficient (Wildman–Crippen LogP) is 2.84.